The molecule has 5 heteroatoms. The van der Waals surface area contributed by atoms with Crippen LogP contribution in [0.15, 0.2) is 89.4 Å². The first-order valence-corrected chi connectivity index (χ1v) is 10.5. The molecule has 30 heavy (non-hydrogen) atoms. The third-order valence-electron chi connectivity index (χ3n) is 5.05. The topological polar surface area (TPSA) is 49.9 Å². The number of hydrogen-bond acceptors (Lipinski definition) is 4. The van der Waals surface area contributed by atoms with Gasteiger partial charge in [0.2, 0.25) is 5.88 Å². The van der Waals surface area contributed by atoms with Crippen LogP contribution >= 0.6 is 11.3 Å². The highest BCUT2D eigenvalue weighted by atomic mass is 32.1. The van der Waals surface area contributed by atoms with Crippen molar-refractivity contribution in [3.05, 3.63) is 94.6 Å². The van der Waals surface area contributed by atoms with E-state index < -0.39 is 0 Å². The van der Waals surface area contributed by atoms with Gasteiger partial charge in [0.15, 0.2) is 4.80 Å². The first-order valence-electron chi connectivity index (χ1n) is 9.66. The van der Waals surface area contributed by atoms with Crippen LogP contribution in [0.25, 0.3) is 22.4 Å². The van der Waals surface area contributed by atoms with Crippen molar-refractivity contribution in [2.45, 2.75) is 6.54 Å². The molecule has 0 unspecified atom stereocenters. The van der Waals surface area contributed by atoms with Crippen LogP contribution in [0.4, 0.5) is 11.4 Å². The maximum atomic E-state index is 10.9. The molecule has 4 aromatic rings. The van der Waals surface area contributed by atoms with Crippen molar-refractivity contribution < 1.29 is 5.11 Å². The molecule has 5 rings (SSSR count). The van der Waals surface area contributed by atoms with Crippen LogP contribution in [0.1, 0.15) is 10.4 Å². The normalized spacial score (nSPS) is 14.5. The molecule has 0 amide bonds. The highest BCUT2D eigenvalue weighted by Crippen LogP contribution is 2.34. The monoisotopic (exact) mass is 409 g/mol. The number of aromatic hydroxyl groups is 1. The Labute approximate surface area is 178 Å². The zero-order valence-electron chi connectivity index (χ0n) is 16.2. The van der Waals surface area contributed by atoms with Crippen LogP contribution < -0.4 is 4.80 Å². The number of benzene rings is 3. The van der Waals surface area contributed by atoms with Gasteiger partial charge < -0.3 is 5.11 Å². The quantitative estimate of drug-likeness (QED) is 0.408. The molecule has 0 saturated heterocycles. The summed E-state index contributed by atoms with van der Waals surface area (Å²) in [6.07, 6.45) is 5.57. The van der Waals surface area contributed by atoms with Crippen molar-refractivity contribution in [3.8, 4) is 5.88 Å². The van der Waals surface area contributed by atoms with Crippen LogP contribution in [-0.2, 0) is 6.54 Å². The predicted molar refractivity (Wildman–Crippen MR) is 126 cm³/mol. The average Bonchev–Trinajstić information content (AvgIpc) is 3.31. The Kier molecular flexibility index (Phi) is 4.65. The standard InChI is InChI=1S/C25H19N3OS/c1-2-14-28-24(29)23(15-18-16-26-21-12-6-5-11-20(18)21)30-25(28)27-22-13-7-9-17-8-3-4-10-19(17)22/h2-13,15-16,29H,1,14H2. The summed E-state index contributed by atoms with van der Waals surface area (Å²) < 4.78 is 1.78. The summed E-state index contributed by atoms with van der Waals surface area (Å²) in [5, 5.41) is 13.1. The second kappa shape index (κ2) is 7.61. The first kappa shape index (κ1) is 18.3. The van der Waals surface area contributed by atoms with Crippen LogP contribution in [0.2, 0.25) is 0 Å². The van der Waals surface area contributed by atoms with E-state index in [-0.39, 0.29) is 5.88 Å². The zero-order valence-corrected chi connectivity index (χ0v) is 17.0. The first-order chi connectivity index (χ1) is 14.7. The van der Waals surface area contributed by atoms with E-state index >= 15 is 0 Å². The van der Waals surface area contributed by atoms with Crippen molar-refractivity contribution in [2.75, 3.05) is 0 Å². The number of allylic oxidation sites excluding steroid dienone is 2. The molecular formula is C25H19N3OS. The van der Waals surface area contributed by atoms with E-state index in [0.717, 1.165) is 43.0 Å². The Hall–Kier alpha value is -3.70. The van der Waals surface area contributed by atoms with Crippen molar-refractivity contribution >= 4 is 51.3 Å². The summed E-state index contributed by atoms with van der Waals surface area (Å²) in [6.45, 7) is 4.30. The minimum absolute atomic E-state index is 0.184. The molecule has 1 aliphatic heterocycles. The number of fused-ring (bicyclic) bond motifs is 2. The van der Waals surface area contributed by atoms with Gasteiger partial charge in [0.05, 0.1) is 16.3 Å². The lowest BCUT2D eigenvalue weighted by Gasteiger charge is -2.03. The Morgan fingerprint density at radius 3 is 2.73 bits per heavy atom. The van der Waals surface area contributed by atoms with Crippen molar-refractivity contribution in [1.82, 2.24) is 4.57 Å². The third kappa shape index (κ3) is 3.19. The van der Waals surface area contributed by atoms with E-state index in [9.17, 15) is 5.11 Å². The molecule has 1 aromatic heterocycles. The van der Waals surface area contributed by atoms with Gasteiger partial charge in [-0.15, -0.1) is 6.58 Å². The fourth-order valence-electron chi connectivity index (χ4n) is 3.60. The highest BCUT2D eigenvalue weighted by Gasteiger charge is 2.15. The number of hydrogen-bond donors (Lipinski definition) is 1. The minimum Gasteiger partial charge on any atom is -0.493 e. The molecule has 0 bridgehead atoms. The van der Waals surface area contributed by atoms with Gasteiger partial charge in [0, 0.05) is 29.3 Å². The van der Waals surface area contributed by atoms with Gasteiger partial charge in [-0.25, -0.2) is 4.99 Å². The van der Waals surface area contributed by atoms with Crippen LogP contribution in [0.5, 0.6) is 5.88 Å². The van der Waals surface area contributed by atoms with Crippen LogP contribution in [0.3, 0.4) is 0 Å². The number of nitrogens with zero attached hydrogens (tertiary/aromatic N) is 3. The van der Waals surface area contributed by atoms with E-state index in [1.807, 2.05) is 60.8 Å². The molecule has 3 aromatic carbocycles. The molecule has 1 aliphatic rings. The lowest BCUT2D eigenvalue weighted by Crippen LogP contribution is -2.12. The second-order valence-electron chi connectivity index (χ2n) is 6.96. The molecular weight excluding hydrogens is 390 g/mol. The number of rotatable bonds is 4. The van der Waals surface area contributed by atoms with Gasteiger partial charge in [-0.2, -0.15) is 0 Å². The zero-order chi connectivity index (χ0) is 20.5. The van der Waals surface area contributed by atoms with Crippen LogP contribution in [0, 0.1) is 0 Å². The predicted octanol–water partition coefficient (Wildman–Crippen LogP) is 6.08. The fraction of sp³-hybridized carbons (Fsp3) is 0.0400. The lowest BCUT2D eigenvalue weighted by atomic mass is 10.1. The summed E-state index contributed by atoms with van der Waals surface area (Å²) in [7, 11) is 0. The summed E-state index contributed by atoms with van der Waals surface area (Å²) >= 11 is 1.45. The fourth-order valence-corrected chi connectivity index (χ4v) is 4.60. The molecule has 146 valence electrons. The molecule has 0 spiro atoms. The van der Waals surface area contributed by atoms with Gasteiger partial charge in [0.1, 0.15) is 0 Å². The highest BCUT2D eigenvalue weighted by molar-refractivity contribution is 7.10. The number of aromatic nitrogens is 1. The van der Waals surface area contributed by atoms with E-state index in [0.29, 0.717) is 6.54 Å². The summed E-state index contributed by atoms with van der Waals surface area (Å²) in [5.41, 5.74) is 3.86. The number of para-hydroxylation sites is 1. The number of aliphatic imine (C=N–C) groups is 1. The van der Waals surface area contributed by atoms with E-state index in [4.69, 9.17) is 4.99 Å². The van der Waals surface area contributed by atoms with Crippen molar-refractivity contribution in [3.63, 3.8) is 0 Å². The van der Waals surface area contributed by atoms with E-state index in [1.54, 1.807) is 10.6 Å². The van der Waals surface area contributed by atoms with Gasteiger partial charge >= 0.3 is 0 Å². The maximum Gasteiger partial charge on any atom is 0.211 e. The summed E-state index contributed by atoms with van der Waals surface area (Å²) in [4.78, 5) is 10.8. The Morgan fingerprint density at radius 2 is 1.83 bits per heavy atom. The SMILES string of the molecule is C=CCn1c(O)c(C=C2C=Nc3ccccc32)sc1=Nc1cccc2ccccc12. The minimum atomic E-state index is 0.184. The van der Waals surface area contributed by atoms with Gasteiger partial charge in [-0.1, -0.05) is 72.0 Å². The van der Waals surface area contributed by atoms with Crippen molar-refractivity contribution in [2.24, 2.45) is 9.98 Å². The summed E-state index contributed by atoms with van der Waals surface area (Å²) in [5.74, 6) is 0.184. The smallest absolute Gasteiger partial charge is 0.211 e. The maximum absolute atomic E-state index is 10.9. The molecule has 2 heterocycles. The van der Waals surface area contributed by atoms with E-state index in [1.165, 1.54) is 11.3 Å². The molecule has 4 nitrogen and oxygen atoms in total. The Balaban J connectivity index is 1.67. The van der Waals surface area contributed by atoms with Crippen molar-refractivity contribution in [1.29, 1.82) is 0 Å². The molecule has 1 N–H and O–H groups in total. The molecule has 0 aliphatic carbocycles. The Bertz CT molecular complexity index is 1400. The molecule has 0 radical (unpaired) electrons. The van der Waals surface area contributed by atoms with Gasteiger partial charge in [-0.05, 0) is 23.6 Å². The number of thiazole rings is 1. The molecule has 0 fully saturated rings. The molecule has 0 saturated carbocycles. The van der Waals surface area contributed by atoms with Gasteiger partial charge in [-0.3, -0.25) is 9.56 Å². The third-order valence-corrected chi connectivity index (χ3v) is 6.06. The second-order valence-corrected chi connectivity index (χ2v) is 7.97. The van der Waals surface area contributed by atoms with Gasteiger partial charge in [0.25, 0.3) is 0 Å². The summed E-state index contributed by atoms with van der Waals surface area (Å²) in [6, 6.07) is 22.2. The largest absolute Gasteiger partial charge is 0.493 e. The van der Waals surface area contributed by atoms with E-state index in [2.05, 4.69) is 29.8 Å². The average molecular weight is 410 g/mol. The lowest BCUT2D eigenvalue weighted by molar-refractivity contribution is 0.421. The molecule has 0 atom stereocenters. The Morgan fingerprint density at radius 1 is 1.03 bits per heavy atom. The van der Waals surface area contributed by atoms with Crippen LogP contribution in [-0.4, -0.2) is 15.9 Å².